The van der Waals surface area contributed by atoms with Crippen molar-refractivity contribution in [2.24, 2.45) is 0 Å². The van der Waals surface area contributed by atoms with Crippen LogP contribution in [0, 0.1) is 0 Å². The summed E-state index contributed by atoms with van der Waals surface area (Å²) in [5, 5.41) is 14.2. The van der Waals surface area contributed by atoms with E-state index >= 15 is 0 Å². The number of aromatic nitrogens is 2. The van der Waals surface area contributed by atoms with Gasteiger partial charge in [0.2, 0.25) is 0 Å². The zero-order valence-electron chi connectivity index (χ0n) is 11.8. The molecule has 0 fully saturated rings. The van der Waals surface area contributed by atoms with Crippen LogP contribution in [0.25, 0.3) is 0 Å². The van der Waals surface area contributed by atoms with Gasteiger partial charge in [0.05, 0.1) is 6.61 Å². The van der Waals surface area contributed by atoms with Gasteiger partial charge in [-0.05, 0) is 12.5 Å². The average Bonchev–Trinajstić information content (AvgIpc) is 2.93. The summed E-state index contributed by atoms with van der Waals surface area (Å²) in [6, 6.07) is 8.70. The van der Waals surface area contributed by atoms with Gasteiger partial charge in [0.25, 0.3) is 0 Å². The lowest BCUT2D eigenvalue weighted by atomic mass is 9.94. The second kappa shape index (κ2) is 5.89. The topological polar surface area (TPSA) is 47.0 Å². The predicted molar refractivity (Wildman–Crippen MR) is 80.3 cm³/mol. The maximum atomic E-state index is 5.71. The summed E-state index contributed by atoms with van der Waals surface area (Å²) >= 11 is 1.70. The summed E-state index contributed by atoms with van der Waals surface area (Å²) < 4.78 is 5.71. The smallest absolute Gasteiger partial charge is 0.131 e. The molecule has 3 rings (SSSR count). The molecule has 2 heterocycles. The Bertz CT molecular complexity index is 582. The van der Waals surface area contributed by atoms with E-state index in [2.05, 4.69) is 41.5 Å². The normalized spacial score (nSPS) is 17.9. The molecule has 1 aliphatic heterocycles. The van der Waals surface area contributed by atoms with Crippen molar-refractivity contribution in [3.8, 4) is 5.75 Å². The van der Waals surface area contributed by atoms with Gasteiger partial charge in [-0.3, -0.25) is 0 Å². The van der Waals surface area contributed by atoms with Crippen LogP contribution in [0.5, 0.6) is 5.75 Å². The molecular formula is C15H19N3OS. The van der Waals surface area contributed by atoms with Gasteiger partial charge in [-0.25, -0.2) is 0 Å². The summed E-state index contributed by atoms with van der Waals surface area (Å²) in [5.74, 6) is 1.31. The molecule has 0 radical (unpaired) electrons. The van der Waals surface area contributed by atoms with E-state index in [4.69, 9.17) is 4.74 Å². The van der Waals surface area contributed by atoms with Gasteiger partial charge in [0, 0.05) is 24.1 Å². The predicted octanol–water partition coefficient (Wildman–Crippen LogP) is 2.95. The van der Waals surface area contributed by atoms with E-state index in [1.165, 1.54) is 5.56 Å². The summed E-state index contributed by atoms with van der Waals surface area (Å²) in [4.78, 5) is 0. The Kier molecular flexibility index (Phi) is 3.98. The summed E-state index contributed by atoms with van der Waals surface area (Å²) in [6.07, 6.45) is 0.975. The third kappa shape index (κ3) is 2.83. The molecule has 0 saturated heterocycles. The molecule has 5 heteroatoms. The van der Waals surface area contributed by atoms with E-state index in [1.807, 2.05) is 12.1 Å². The number of nitrogens with one attached hydrogen (secondary N) is 1. The van der Waals surface area contributed by atoms with E-state index in [0.29, 0.717) is 12.0 Å². The molecular weight excluding hydrogens is 270 g/mol. The number of benzene rings is 1. The zero-order chi connectivity index (χ0) is 13.9. The summed E-state index contributed by atoms with van der Waals surface area (Å²) in [6.45, 7) is 5.81. The highest BCUT2D eigenvalue weighted by Crippen LogP contribution is 2.38. The number of hydrogen-bond acceptors (Lipinski definition) is 5. The Balaban J connectivity index is 1.80. The lowest BCUT2D eigenvalue weighted by Gasteiger charge is -2.23. The SMILES string of the molecule is CC(C)NCc1nnc(C2CCOc3ccccc32)s1. The van der Waals surface area contributed by atoms with E-state index in [9.17, 15) is 0 Å². The van der Waals surface area contributed by atoms with Gasteiger partial charge >= 0.3 is 0 Å². The third-order valence-electron chi connectivity index (χ3n) is 3.40. The number of hydrogen-bond donors (Lipinski definition) is 1. The van der Waals surface area contributed by atoms with Crippen molar-refractivity contribution in [2.45, 2.75) is 38.8 Å². The molecule has 0 spiro atoms. The molecule has 0 amide bonds. The Hall–Kier alpha value is -1.46. The number of para-hydroxylation sites is 1. The van der Waals surface area contributed by atoms with Crippen molar-refractivity contribution >= 4 is 11.3 Å². The van der Waals surface area contributed by atoms with Crippen LogP contribution in [0.15, 0.2) is 24.3 Å². The molecule has 1 aromatic carbocycles. The van der Waals surface area contributed by atoms with Crippen LogP contribution in [0.2, 0.25) is 0 Å². The minimum Gasteiger partial charge on any atom is -0.493 e. The minimum absolute atomic E-state index is 0.324. The van der Waals surface area contributed by atoms with E-state index in [0.717, 1.165) is 35.3 Å². The van der Waals surface area contributed by atoms with E-state index in [1.54, 1.807) is 11.3 Å². The van der Waals surface area contributed by atoms with Gasteiger partial charge in [-0.2, -0.15) is 0 Å². The van der Waals surface area contributed by atoms with Crippen LogP contribution in [-0.4, -0.2) is 22.8 Å². The van der Waals surface area contributed by atoms with Crippen molar-refractivity contribution in [3.63, 3.8) is 0 Å². The second-order valence-electron chi connectivity index (χ2n) is 5.30. The van der Waals surface area contributed by atoms with Gasteiger partial charge < -0.3 is 10.1 Å². The molecule has 0 saturated carbocycles. The number of nitrogens with zero attached hydrogens (tertiary/aromatic N) is 2. The zero-order valence-corrected chi connectivity index (χ0v) is 12.6. The highest BCUT2D eigenvalue weighted by molar-refractivity contribution is 7.11. The van der Waals surface area contributed by atoms with E-state index in [-0.39, 0.29) is 0 Å². The van der Waals surface area contributed by atoms with Crippen molar-refractivity contribution in [1.82, 2.24) is 15.5 Å². The van der Waals surface area contributed by atoms with Crippen molar-refractivity contribution in [2.75, 3.05) is 6.61 Å². The van der Waals surface area contributed by atoms with Crippen LogP contribution >= 0.6 is 11.3 Å². The van der Waals surface area contributed by atoms with Crippen molar-refractivity contribution in [1.29, 1.82) is 0 Å². The Morgan fingerprint density at radius 2 is 2.20 bits per heavy atom. The highest BCUT2D eigenvalue weighted by Gasteiger charge is 2.25. The van der Waals surface area contributed by atoms with Gasteiger partial charge in [-0.15, -0.1) is 10.2 Å². The van der Waals surface area contributed by atoms with Crippen LogP contribution in [0.3, 0.4) is 0 Å². The number of rotatable bonds is 4. The minimum atomic E-state index is 0.324. The van der Waals surface area contributed by atoms with Crippen LogP contribution in [0.1, 0.15) is 41.8 Å². The van der Waals surface area contributed by atoms with Crippen molar-refractivity contribution < 1.29 is 4.74 Å². The van der Waals surface area contributed by atoms with Gasteiger partial charge in [-0.1, -0.05) is 43.4 Å². The van der Waals surface area contributed by atoms with Gasteiger partial charge in [0.15, 0.2) is 0 Å². The first-order chi connectivity index (χ1) is 9.74. The molecule has 0 bridgehead atoms. The van der Waals surface area contributed by atoms with Crippen LogP contribution in [-0.2, 0) is 6.54 Å². The first kappa shape index (κ1) is 13.5. The largest absolute Gasteiger partial charge is 0.493 e. The molecule has 1 atom stereocenters. The van der Waals surface area contributed by atoms with E-state index < -0.39 is 0 Å². The molecule has 1 aliphatic rings. The monoisotopic (exact) mass is 289 g/mol. The fraction of sp³-hybridized carbons (Fsp3) is 0.467. The molecule has 0 aliphatic carbocycles. The Morgan fingerprint density at radius 3 is 3.05 bits per heavy atom. The first-order valence-corrected chi connectivity index (χ1v) is 7.83. The Labute approximate surface area is 123 Å². The van der Waals surface area contributed by atoms with Crippen LogP contribution in [0.4, 0.5) is 0 Å². The molecule has 2 aromatic rings. The third-order valence-corrected chi connectivity index (χ3v) is 4.44. The lowest BCUT2D eigenvalue weighted by Crippen LogP contribution is -2.21. The molecule has 1 N–H and O–H groups in total. The second-order valence-corrected chi connectivity index (χ2v) is 6.39. The number of ether oxygens (including phenoxy) is 1. The van der Waals surface area contributed by atoms with Gasteiger partial charge in [0.1, 0.15) is 15.8 Å². The maximum Gasteiger partial charge on any atom is 0.131 e. The molecule has 1 unspecified atom stereocenters. The first-order valence-electron chi connectivity index (χ1n) is 7.01. The quantitative estimate of drug-likeness (QED) is 0.940. The average molecular weight is 289 g/mol. The number of fused-ring (bicyclic) bond motifs is 1. The molecule has 4 nitrogen and oxygen atoms in total. The van der Waals surface area contributed by atoms with Crippen LogP contribution < -0.4 is 10.1 Å². The highest BCUT2D eigenvalue weighted by atomic mass is 32.1. The van der Waals surface area contributed by atoms with Crippen molar-refractivity contribution in [3.05, 3.63) is 39.8 Å². The molecule has 1 aromatic heterocycles. The summed E-state index contributed by atoms with van der Waals surface area (Å²) in [7, 11) is 0. The fourth-order valence-corrected chi connectivity index (χ4v) is 3.32. The maximum absolute atomic E-state index is 5.71. The standard InChI is InChI=1S/C15H19N3OS/c1-10(2)16-9-14-17-18-15(20-14)12-7-8-19-13-6-4-3-5-11(12)13/h3-6,10,12,16H,7-9H2,1-2H3. The fourth-order valence-electron chi connectivity index (χ4n) is 2.37. The Morgan fingerprint density at radius 1 is 1.35 bits per heavy atom. The molecule has 20 heavy (non-hydrogen) atoms. The lowest BCUT2D eigenvalue weighted by molar-refractivity contribution is 0.276. The molecule has 106 valence electrons. The summed E-state index contributed by atoms with van der Waals surface area (Å²) in [5.41, 5.74) is 1.23.